The smallest absolute Gasteiger partial charge is 0.244 e. The molecule has 0 radical (unpaired) electrons. The molecule has 4 aromatic heterocycles. The number of nitrogens with two attached hydrogens (primary N) is 2. The van der Waals surface area contributed by atoms with Crippen LogP contribution >= 0.6 is 11.6 Å². The molecule has 240 valence electrons. The molecule has 5 rings (SSSR count). The van der Waals surface area contributed by atoms with Gasteiger partial charge in [0.15, 0.2) is 16.8 Å². The van der Waals surface area contributed by atoms with E-state index in [0.717, 1.165) is 0 Å². The van der Waals surface area contributed by atoms with Gasteiger partial charge in [-0.25, -0.2) is 9.97 Å². The Hall–Kier alpha value is -5.57. The molecule has 5 aromatic rings. The van der Waals surface area contributed by atoms with Crippen LogP contribution in [0.4, 0.5) is 11.6 Å². The summed E-state index contributed by atoms with van der Waals surface area (Å²) in [4.78, 5) is 35.7. The number of imidazole rings is 2. The predicted octanol–water partition coefficient (Wildman–Crippen LogP) is 3.17. The average molecular weight is 647 g/mol. The number of phenols is 1. The Bertz CT molecular complexity index is 1850. The molecule has 4 heterocycles. The normalized spacial score (nSPS) is 12.1. The Kier molecular flexibility index (Phi) is 10.2. The van der Waals surface area contributed by atoms with Crippen LogP contribution in [0.1, 0.15) is 25.9 Å². The number of amides is 2. The van der Waals surface area contributed by atoms with Crippen molar-refractivity contribution in [3.8, 4) is 39.5 Å². The second kappa shape index (κ2) is 14.0. The maximum absolute atomic E-state index is 12.1. The third-order valence-corrected chi connectivity index (χ3v) is 7.23. The lowest BCUT2D eigenvalue weighted by Gasteiger charge is -2.17. The van der Waals surface area contributed by atoms with Crippen molar-refractivity contribution in [1.82, 2.24) is 49.3 Å². The molecule has 0 saturated carbocycles. The molecule has 1 aromatic carbocycles. The molecule has 0 aliphatic carbocycles. The van der Waals surface area contributed by atoms with E-state index in [2.05, 4.69) is 30.4 Å². The van der Waals surface area contributed by atoms with Crippen molar-refractivity contribution in [1.29, 1.82) is 0 Å². The zero-order valence-corrected chi connectivity index (χ0v) is 27.0. The number of nitrogens with zero attached hydrogens (tertiary/aromatic N) is 10. The van der Waals surface area contributed by atoms with E-state index in [9.17, 15) is 14.7 Å². The van der Waals surface area contributed by atoms with Gasteiger partial charge in [-0.1, -0.05) is 23.7 Å². The molecule has 0 aliphatic heterocycles. The minimum atomic E-state index is -0.389. The van der Waals surface area contributed by atoms with Gasteiger partial charge in [-0.2, -0.15) is 0 Å². The van der Waals surface area contributed by atoms with Crippen molar-refractivity contribution in [3.05, 3.63) is 66.6 Å². The van der Waals surface area contributed by atoms with Gasteiger partial charge in [0.05, 0.1) is 29.7 Å². The Balaban J connectivity index is 0.000000216. The first-order valence-corrected chi connectivity index (χ1v) is 14.4. The van der Waals surface area contributed by atoms with Crippen LogP contribution < -0.4 is 11.5 Å². The molecule has 0 spiro atoms. The minimum Gasteiger partial charge on any atom is -0.507 e. The lowest BCUT2D eigenvalue weighted by atomic mass is 10.1. The number of hydrogen-bond donors (Lipinski definition) is 3. The highest BCUT2D eigenvalue weighted by atomic mass is 35.5. The summed E-state index contributed by atoms with van der Waals surface area (Å²) in [7, 11) is 6.84. The third-order valence-electron chi connectivity index (χ3n) is 7.04. The number of halogens is 1. The maximum Gasteiger partial charge on any atom is 0.244 e. The monoisotopic (exact) mass is 646 g/mol. The van der Waals surface area contributed by atoms with Crippen molar-refractivity contribution >= 4 is 35.1 Å². The first-order valence-electron chi connectivity index (χ1n) is 14.0. The minimum absolute atomic E-state index is 0.0205. The average Bonchev–Trinajstić information content (AvgIpc) is 3.73. The molecule has 2 amide bonds. The highest BCUT2D eigenvalue weighted by molar-refractivity contribution is 6.29. The fourth-order valence-electron chi connectivity index (χ4n) is 4.39. The highest BCUT2D eigenvalue weighted by Crippen LogP contribution is 2.32. The quantitative estimate of drug-likeness (QED) is 0.234. The Morgan fingerprint density at radius 3 is 1.72 bits per heavy atom. The number of aromatic hydroxyl groups is 1. The van der Waals surface area contributed by atoms with Gasteiger partial charge < -0.3 is 35.5 Å². The summed E-state index contributed by atoms with van der Waals surface area (Å²) in [5.74, 6) is 0.512. The van der Waals surface area contributed by atoms with Gasteiger partial charge in [0.25, 0.3) is 0 Å². The van der Waals surface area contributed by atoms with Crippen molar-refractivity contribution in [2.75, 3.05) is 39.7 Å². The van der Waals surface area contributed by atoms with Gasteiger partial charge >= 0.3 is 0 Å². The molecule has 2 atom stereocenters. The zero-order chi connectivity index (χ0) is 33.7. The number of anilines is 2. The molecule has 0 saturated heterocycles. The zero-order valence-electron chi connectivity index (χ0n) is 26.2. The summed E-state index contributed by atoms with van der Waals surface area (Å²) in [5.41, 5.74) is 15.1. The molecule has 5 N–H and O–H groups in total. The van der Waals surface area contributed by atoms with Crippen LogP contribution in [0.15, 0.2) is 61.4 Å². The third kappa shape index (κ3) is 7.38. The molecule has 16 heteroatoms. The number of para-hydroxylation sites is 1. The van der Waals surface area contributed by atoms with E-state index >= 15 is 0 Å². The van der Waals surface area contributed by atoms with Crippen molar-refractivity contribution in [2.45, 2.75) is 25.9 Å². The van der Waals surface area contributed by atoms with Gasteiger partial charge in [0.1, 0.15) is 17.8 Å². The largest absolute Gasteiger partial charge is 0.507 e. The summed E-state index contributed by atoms with van der Waals surface area (Å²) in [5, 5.41) is 25.7. The van der Waals surface area contributed by atoms with E-state index < -0.39 is 0 Å². The summed E-state index contributed by atoms with van der Waals surface area (Å²) >= 11 is 5.80. The van der Waals surface area contributed by atoms with Crippen molar-refractivity contribution in [3.63, 3.8) is 0 Å². The lowest BCUT2D eigenvalue weighted by molar-refractivity contribution is -0.132. The predicted molar refractivity (Wildman–Crippen MR) is 174 cm³/mol. The summed E-state index contributed by atoms with van der Waals surface area (Å²) in [6.07, 6.45) is 6.64. The van der Waals surface area contributed by atoms with Crippen LogP contribution in [-0.4, -0.2) is 94.4 Å². The first-order chi connectivity index (χ1) is 21.8. The number of likely N-dealkylation sites (N-methyl/N-ethyl adjacent to an activating group) is 2. The van der Waals surface area contributed by atoms with Crippen LogP contribution in [0.5, 0.6) is 5.75 Å². The van der Waals surface area contributed by atoms with E-state index in [1.807, 2.05) is 0 Å². The van der Waals surface area contributed by atoms with Crippen LogP contribution in [0, 0.1) is 0 Å². The van der Waals surface area contributed by atoms with Crippen molar-refractivity contribution < 1.29 is 14.7 Å². The van der Waals surface area contributed by atoms with Gasteiger partial charge in [0.2, 0.25) is 11.8 Å². The number of hydrogen-bond acceptors (Lipinski definition) is 11. The first kappa shape index (κ1) is 33.3. The molecule has 2 unspecified atom stereocenters. The highest BCUT2D eigenvalue weighted by Gasteiger charge is 2.20. The molecular formula is C30H35ClN12O3. The van der Waals surface area contributed by atoms with Crippen LogP contribution in [0.2, 0.25) is 5.15 Å². The molecule has 46 heavy (non-hydrogen) atoms. The second-order valence-electron chi connectivity index (χ2n) is 10.7. The van der Waals surface area contributed by atoms with E-state index in [1.54, 1.807) is 113 Å². The number of carbonyl (C=O) groups is 2. The van der Waals surface area contributed by atoms with E-state index in [0.29, 0.717) is 33.8 Å². The van der Waals surface area contributed by atoms with Crippen LogP contribution in [0.3, 0.4) is 0 Å². The molecule has 0 fully saturated rings. The maximum atomic E-state index is 12.1. The Morgan fingerprint density at radius 2 is 1.22 bits per heavy atom. The second-order valence-corrected chi connectivity index (χ2v) is 11.1. The number of benzene rings is 1. The van der Waals surface area contributed by atoms with Crippen LogP contribution in [-0.2, 0) is 9.59 Å². The molecular weight excluding hydrogens is 612 g/mol. The van der Waals surface area contributed by atoms with Crippen LogP contribution in [0.25, 0.3) is 33.8 Å². The standard InChI is InChI=1S/C18H20N6O2.C12H15ClN6O/c1-11(18(26)23(2)3)24-9-15(20-10-24)13-8-14(21-22-17(13)19)12-6-4-5-7-16(12)25;1-7(12(20)18(2)3)19-5-9(15-6-19)8-4-10(13)16-17-11(8)14/h4-11,25H,1-3H3,(H2,19,22);4-7H,1-3H3,(H2,14,17). The van der Waals surface area contributed by atoms with Gasteiger partial charge in [0, 0.05) is 57.3 Å². The van der Waals surface area contributed by atoms with Gasteiger partial charge in [-0.05, 0) is 38.1 Å². The number of carbonyl (C=O) groups excluding carboxylic acids is 2. The van der Waals surface area contributed by atoms with Crippen molar-refractivity contribution in [2.24, 2.45) is 0 Å². The Morgan fingerprint density at radius 1 is 0.739 bits per heavy atom. The summed E-state index contributed by atoms with van der Waals surface area (Å²) in [6.45, 7) is 3.60. The number of phenolic OH excluding ortho intramolecular Hbond substituents is 1. The fraction of sp³-hybridized carbons (Fsp3) is 0.267. The SMILES string of the molecule is CC(C(=O)N(C)C)n1cnc(-c2cc(-c3ccccc3O)nnc2N)c1.CC(C(=O)N(C)C)n1cnc(-c2cc(Cl)nnc2N)c1. The fourth-order valence-corrected chi connectivity index (χ4v) is 4.54. The Labute approximate surface area is 270 Å². The lowest BCUT2D eigenvalue weighted by Crippen LogP contribution is -2.29. The molecule has 0 bridgehead atoms. The molecule has 15 nitrogen and oxygen atoms in total. The van der Waals surface area contributed by atoms with Gasteiger partial charge in [-0.3, -0.25) is 9.59 Å². The summed E-state index contributed by atoms with van der Waals surface area (Å²) in [6, 6.07) is 9.44. The summed E-state index contributed by atoms with van der Waals surface area (Å²) < 4.78 is 3.43. The number of aromatic nitrogens is 8. The number of rotatable bonds is 7. The topological polar surface area (TPSA) is 200 Å². The van der Waals surface area contributed by atoms with E-state index in [-0.39, 0.29) is 46.4 Å². The number of nitrogen functional groups attached to an aromatic ring is 2. The van der Waals surface area contributed by atoms with E-state index in [1.165, 1.54) is 9.80 Å². The van der Waals surface area contributed by atoms with Gasteiger partial charge in [-0.15, -0.1) is 20.4 Å². The molecule has 0 aliphatic rings. The van der Waals surface area contributed by atoms with E-state index in [4.69, 9.17) is 23.1 Å².